The maximum absolute atomic E-state index is 14.0. The van der Waals surface area contributed by atoms with Gasteiger partial charge in [0.1, 0.15) is 11.6 Å². The molecule has 1 N–H and O–H groups in total. The fourth-order valence-electron chi connectivity index (χ4n) is 2.28. The Bertz CT molecular complexity index is 788. The molecule has 2 aromatic rings. The first-order valence-electron chi connectivity index (χ1n) is 6.79. The second-order valence-electron chi connectivity index (χ2n) is 5.01. The third-order valence-electron chi connectivity index (χ3n) is 3.30. The number of methoxy groups -OCH3 is 1. The molecule has 4 nitrogen and oxygen atoms in total. The summed E-state index contributed by atoms with van der Waals surface area (Å²) >= 11 is 0. The van der Waals surface area contributed by atoms with E-state index in [0.29, 0.717) is 11.1 Å². The van der Waals surface area contributed by atoms with Crippen molar-refractivity contribution in [2.24, 2.45) is 0 Å². The largest absolute Gasteiger partial charge is 0.465 e. The molecule has 0 saturated heterocycles. The Morgan fingerprint density at radius 1 is 1.09 bits per heavy atom. The van der Waals surface area contributed by atoms with Crippen LogP contribution in [0, 0.1) is 18.6 Å². The van der Waals surface area contributed by atoms with Gasteiger partial charge < -0.3 is 10.1 Å². The van der Waals surface area contributed by atoms with Crippen LogP contribution < -0.4 is 5.32 Å². The van der Waals surface area contributed by atoms with Gasteiger partial charge in [-0.1, -0.05) is 0 Å². The van der Waals surface area contributed by atoms with E-state index in [9.17, 15) is 18.4 Å². The van der Waals surface area contributed by atoms with E-state index in [0.717, 1.165) is 12.1 Å². The Morgan fingerprint density at radius 2 is 1.78 bits per heavy atom. The number of hydrogen-bond acceptors (Lipinski definition) is 3. The molecular formula is C17H15F2NO3. The van der Waals surface area contributed by atoms with E-state index in [1.54, 1.807) is 6.92 Å². The van der Waals surface area contributed by atoms with Gasteiger partial charge in [0, 0.05) is 18.6 Å². The third kappa shape index (κ3) is 3.53. The van der Waals surface area contributed by atoms with Gasteiger partial charge in [-0.25, -0.2) is 13.6 Å². The van der Waals surface area contributed by atoms with Crippen LogP contribution in [0.4, 0.5) is 14.5 Å². The number of carbonyl (C=O) groups is 2. The lowest BCUT2D eigenvalue weighted by Gasteiger charge is -2.14. The minimum Gasteiger partial charge on any atom is -0.465 e. The SMILES string of the molecule is COC(=O)c1cc(C)c(-c2ccc(F)cc2F)cc1NC(C)=O. The average Bonchev–Trinajstić information content (AvgIpc) is 2.48. The Balaban J connectivity index is 2.65. The zero-order valence-corrected chi connectivity index (χ0v) is 12.9. The molecule has 0 aliphatic rings. The molecule has 1 amide bonds. The zero-order chi connectivity index (χ0) is 17.1. The highest BCUT2D eigenvalue weighted by atomic mass is 19.1. The van der Waals surface area contributed by atoms with Gasteiger partial charge in [0.25, 0.3) is 0 Å². The van der Waals surface area contributed by atoms with E-state index in [-0.39, 0.29) is 22.7 Å². The molecule has 0 saturated carbocycles. The van der Waals surface area contributed by atoms with Gasteiger partial charge in [-0.2, -0.15) is 0 Å². The minimum absolute atomic E-state index is 0.159. The number of aryl methyl sites for hydroxylation is 1. The van der Waals surface area contributed by atoms with Crippen LogP contribution in [0.1, 0.15) is 22.8 Å². The standard InChI is InChI=1S/C17H15F2NO3/c1-9-6-14(17(22)23-3)16(20-10(2)21)8-13(9)12-5-4-11(18)7-15(12)19/h4-8H,1-3H3,(H,20,21). The van der Waals surface area contributed by atoms with E-state index < -0.39 is 17.6 Å². The second kappa shape index (κ2) is 6.56. The number of hydrogen-bond donors (Lipinski definition) is 1. The normalized spacial score (nSPS) is 10.3. The van der Waals surface area contributed by atoms with E-state index in [4.69, 9.17) is 0 Å². The van der Waals surface area contributed by atoms with E-state index in [1.807, 2.05) is 0 Å². The van der Waals surface area contributed by atoms with Crippen LogP contribution in [-0.2, 0) is 9.53 Å². The first-order chi connectivity index (χ1) is 10.8. The van der Waals surface area contributed by atoms with Crippen LogP contribution in [0.15, 0.2) is 30.3 Å². The summed E-state index contributed by atoms with van der Waals surface area (Å²) in [5.41, 5.74) is 1.57. The fraction of sp³-hybridized carbons (Fsp3) is 0.176. The monoisotopic (exact) mass is 319 g/mol. The number of ether oxygens (including phenoxy) is 1. The lowest BCUT2D eigenvalue weighted by molar-refractivity contribution is -0.114. The predicted molar refractivity (Wildman–Crippen MR) is 82.2 cm³/mol. The maximum atomic E-state index is 14.0. The molecule has 2 rings (SSSR count). The molecule has 0 atom stereocenters. The molecule has 0 radical (unpaired) electrons. The number of halogens is 2. The fourth-order valence-corrected chi connectivity index (χ4v) is 2.28. The summed E-state index contributed by atoms with van der Waals surface area (Å²) in [5, 5.41) is 2.52. The molecule has 2 aromatic carbocycles. The summed E-state index contributed by atoms with van der Waals surface area (Å²) in [6.07, 6.45) is 0. The lowest BCUT2D eigenvalue weighted by atomic mass is 9.96. The summed E-state index contributed by atoms with van der Waals surface area (Å²) in [5.74, 6) is -2.42. The van der Waals surface area contributed by atoms with Gasteiger partial charge in [0.2, 0.25) is 5.91 Å². The molecule has 0 aromatic heterocycles. The number of benzene rings is 2. The summed E-state index contributed by atoms with van der Waals surface area (Å²) in [4.78, 5) is 23.2. The lowest BCUT2D eigenvalue weighted by Crippen LogP contribution is -2.12. The molecule has 0 heterocycles. The van der Waals surface area contributed by atoms with Crippen molar-refractivity contribution in [3.05, 3.63) is 53.1 Å². The summed E-state index contributed by atoms with van der Waals surface area (Å²) in [6, 6.07) is 6.20. The van der Waals surface area contributed by atoms with E-state index in [2.05, 4.69) is 10.1 Å². The molecular weight excluding hydrogens is 304 g/mol. The molecule has 0 unspecified atom stereocenters. The van der Waals surface area contributed by atoms with Gasteiger partial charge in [0.15, 0.2) is 0 Å². The number of carbonyl (C=O) groups excluding carboxylic acids is 2. The van der Waals surface area contributed by atoms with Gasteiger partial charge in [-0.3, -0.25) is 4.79 Å². The summed E-state index contributed by atoms with van der Waals surface area (Å²) in [6.45, 7) is 2.97. The molecule has 0 spiro atoms. The molecule has 0 bridgehead atoms. The second-order valence-corrected chi connectivity index (χ2v) is 5.01. The van der Waals surface area contributed by atoms with Gasteiger partial charge in [-0.15, -0.1) is 0 Å². The van der Waals surface area contributed by atoms with Crippen LogP contribution in [0.25, 0.3) is 11.1 Å². The molecule has 120 valence electrons. The number of amides is 1. The van der Waals surface area contributed by atoms with Crippen molar-refractivity contribution in [2.45, 2.75) is 13.8 Å². The van der Waals surface area contributed by atoms with Crippen molar-refractivity contribution < 1.29 is 23.1 Å². The first-order valence-corrected chi connectivity index (χ1v) is 6.79. The van der Waals surface area contributed by atoms with Gasteiger partial charge in [0.05, 0.1) is 18.4 Å². The Kier molecular flexibility index (Phi) is 4.74. The van der Waals surface area contributed by atoms with Crippen LogP contribution in [-0.4, -0.2) is 19.0 Å². The molecule has 0 fully saturated rings. The van der Waals surface area contributed by atoms with Crippen molar-refractivity contribution in [2.75, 3.05) is 12.4 Å². The highest BCUT2D eigenvalue weighted by molar-refractivity contribution is 6.02. The number of rotatable bonds is 3. The third-order valence-corrected chi connectivity index (χ3v) is 3.30. The van der Waals surface area contributed by atoms with Crippen LogP contribution in [0.2, 0.25) is 0 Å². The average molecular weight is 319 g/mol. The van der Waals surface area contributed by atoms with Crippen molar-refractivity contribution in [3.63, 3.8) is 0 Å². The quantitative estimate of drug-likeness (QED) is 0.878. The van der Waals surface area contributed by atoms with Crippen molar-refractivity contribution >= 4 is 17.6 Å². The highest BCUT2D eigenvalue weighted by Gasteiger charge is 2.18. The van der Waals surface area contributed by atoms with Crippen LogP contribution in [0.3, 0.4) is 0 Å². The van der Waals surface area contributed by atoms with Crippen LogP contribution >= 0.6 is 0 Å². The highest BCUT2D eigenvalue weighted by Crippen LogP contribution is 2.32. The number of anilines is 1. The Labute approximate surface area is 132 Å². The van der Waals surface area contributed by atoms with Crippen molar-refractivity contribution in [1.82, 2.24) is 0 Å². The minimum atomic E-state index is -0.729. The maximum Gasteiger partial charge on any atom is 0.339 e. The Morgan fingerprint density at radius 3 is 2.35 bits per heavy atom. The first kappa shape index (κ1) is 16.6. The van der Waals surface area contributed by atoms with Gasteiger partial charge >= 0.3 is 5.97 Å². The number of nitrogens with one attached hydrogen (secondary N) is 1. The zero-order valence-electron chi connectivity index (χ0n) is 12.9. The Hall–Kier alpha value is -2.76. The van der Waals surface area contributed by atoms with E-state index in [1.165, 1.54) is 32.2 Å². The summed E-state index contributed by atoms with van der Waals surface area (Å²) < 4.78 is 31.8. The van der Waals surface area contributed by atoms with Crippen LogP contribution in [0.5, 0.6) is 0 Å². The summed E-state index contributed by atoms with van der Waals surface area (Å²) in [7, 11) is 1.22. The van der Waals surface area contributed by atoms with Crippen molar-refractivity contribution in [1.29, 1.82) is 0 Å². The van der Waals surface area contributed by atoms with Gasteiger partial charge in [-0.05, 0) is 42.3 Å². The predicted octanol–water partition coefficient (Wildman–Crippen LogP) is 3.69. The molecule has 6 heteroatoms. The molecule has 0 aliphatic heterocycles. The smallest absolute Gasteiger partial charge is 0.339 e. The van der Waals surface area contributed by atoms with E-state index >= 15 is 0 Å². The molecule has 0 aliphatic carbocycles. The number of esters is 1. The topological polar surface area (TPSA) is 55.4 Å². The van der Waals surface area contributed by atoms with Crippen molar-refractivity contribution in [3.8, 4) is 11.1 Å². The molecule has 23 heavy (non-hydrogen) atoms.